The van der Waals surface area contributed by atoms with Crippen LogP contribution in [0.15, 0.2) is 27.5 Å². The molecule has 0 saturated heterocycles. The Labute approximate surface area is 94.7 Å². The number of nitrogens with two attached hydrogens (primary N) is 1. The highest BCUT2D eigenvalue weighted by molar-refractivity contribution is 9.10. The third-order valence-electron chi connectivity index (χ3n) is 2.12. The summed E-state index contributed by atoms with van der Waals surface area (Å²) < 4.78 is 0.823. The van der Waals surface area contributed by atoms with E-state index in [0.29, 0.717) is 29.7 Å². The zero-order valence-electron chi connectivity index (χ0n) is 7.96. The number of halogens is 1. The van der Waals surface area contributed by atoms with Crippen LogP contribution in [-0.2, 0) is 6.42 Å². The highest BCUT2D eigenvalue weighted by Crippen LogP contribution is 2.18. The van der Waals surface area contributed by atoms with Crippen molar-refractivity contribution >= 4 is 26.8 Å². The van der Waals surface area contributed by atoms with E-state index in [0.717, 1.165) is 4.47 Å². The molecule has 0 amide bonds. The predicted octanol–water partition coefficient (Wildman–Crippen LogP) is 1.19. The first-order chi connectivity index (χ1) is 7.22. The number of fused-ring (bicyclic) bond motifs is 1. The third-order valence-corrected chi connectivity index (χ3v) is 2.76. The second kappa shape index (κ2) is 4.12. The summed E-state index contributed by atoms with van der Waals surface area (Å²) in [6.45, 7) is 0.471. The summed E-state index contributed by atoms with van der Waals surface area (Å²) >= 11 is 3.37. The second-order valence-corrected chi connectivity index (χ2v) is 4.04. The molecule has 0 bridgehead atoms. The van der Waals surface area contributed by atoms with Gasteiger partial charge in [0, 0.05) is 10.9 Å². The summed E-state index contributed by atoms with van der Waals surface area (Å²) in [5.41, 5.74) is 5.98. The van der Waals surface area contributed by atoms with Crippen LogP contribution < -0.4 is 11.3 Å². The van der Waals surface area contributed by atoms with Gasteiger partial charge in [0.1, 0.15) is 5.82 Å². The van der Waals surface area contributed by atoms with Crippen molar-refractivity contribution in [2.75, 3.05) is 6.54 Å². The smallest absolute Gasteiger partial charge is 0.258 e. The lowest BCUT2D eigenvalue weighted by atomic mass is 10.2. The van der Waals surface area contributed by atoms with Crippen molar-refractivity contribution in [3.8, 4) is 0 Å². The van der Waals surface area contributed by atoms with Crippen molar-refractivity contribution < 1.29 is 0 Å². The standard InChI is InChI=1S/C10H10BrN3O/c11-7-3-1-2-6-9(7)13-8(4-5-12)14-10(6)15/h1-3H,4-5,12H2,(H,13,14,15). The monoisotopic (exact) mass is 267 g/mol. The molecule has 15 heavy (non-hydrogen) atoms. The van der Waals surface area contributed by atoms with Gasteiger partial charge in [0.05, 0.1) is 10.9 Å². The zero-order valence-corrected chi connectivity index (χ0v) is 9.54. The minimum atomic E-state index is -0.121. The fraction of sp³-hybridized carbons (Fsp3) is 0.200. The van der Waals surface area contributed by atoms with Gasteiger partial charge in [0.2, 0.25) is 0 Å². The van der Waals surface area contributed by atoms with Crippen molar-refractivity contribution in [2.24, 2.45) is 5.73 Å². The largest absolute Gasteiger partial charge is 0.330 e. The molecule has 1 aromatic carbocycles. The topological polar surface area (TPSA) is 71.8 Å². The molecule has 0 spiro atoms. The Hall–Kier alpha value is -1.20. The summed E-state index contributed by atoms with van der Waals surface area (Å²) in [5, 5.41) is 0.588. The van der Waals surface area contributed by atoms with Crippen LogP contribution in [0.4, 0.5) is 0 Å². The first-order valence-corrected chi connectivity index (χ1v) is 5.39. The molecule has 1 aromatic heterocycles. The Morgan fingerprint density at radius 1 is 1.47 bits per heavy atom. The molecule has 0 saturated carbocycles. The van der Waals surface area contributed by atoms with Crippen LogP contribution in [0.1, 0.15) is 5.82 Å². The van der Waals surface area contributed by atoms with Gasteiger partial charge in [-0.25, -0.2) is 4.98 Å². The predicted molar refractivity (Wildman–Crippen MR) is 62.8 cm³/mol. The summed E-state index contributed by atoms with van der Waals surface area (Å²) in [4.78, 5) is 18.7. The van der Waals surface area contributed by atoms with E-state index in [2.05, 4.69) is 25.9 Å². The van der Waals surface area contributed by atoms with Crippen LogP contribution in [0.5, 0.6) is 0 Å². The molecule has 0 radical (unpaired) electrons. The molecule has 0 fully saturated rings. The van der Waals surface area contributed by atoms with Crippen LogP contribution >= 0.6 is 15.9 Å². The zero-order chi connectivity index (χ0) is 10.8. The molecule has 2 rings (SSSR count). The van der Waals surface area contributed by atoms with E-state index in [4.69, 9.17) is 5.73 Å². The lowest BCUT2D eigenvalue weighted by Crippen LogP contribution is -2.15. The number of hydrogen-bond donors (Lipinski definition) is 2. The first kappa shape index (κ1) is 10.3. The molecule has 5 heteroatoms. The van der Waals surface area contributed by atoms with Crippen molar-refractivity contribution in [3.63, 3.8) is 0 Å². The number of para-hydroxylation sites is 1. The lowest BCUT2D eigenvalue weighted by molar-refractivity contribution is 0.870. The molecule has 1 heterocycles. The van der Waals surface area contributed by atoms with E-state index in [-0.39, 0.29) is 5.56 Å². The average Bonchev–Trinajstić information content (AvgIpc) is 2.20. The lowest BCUT2D eigenvalue weighted by Gasteiger charge is -2.02. The van der Waals surface area contributed by atoms with Crippen LogP contribution in [0, 0.1) is 0 Å². The van der Waals surface area contributed by atoms with Crippen molar-refractivity contribution in [1.82, 2.24) is 9.97 Å². The molecule has 0 unspecified atom stereocenters. The van der Waals surface area contributed by atoms with Gasteiger partial charge in [0.15, 0.2) is 0 Å². The van der Waals surface area contributed by atoms with E-state index in [1.54, 1.807) is 6.07 Å². The van der Waals surface area contributed by atoms with Gasteiger partial charge in [-0.1, -0.05) is 6.07 Å². The fourth-order valence-electron chi connectivity index (χ4n) is 1.43. The van der Waals surface area contributed by atoms with Gasteiger partial charge in [-0.15, -0.1) is 0 Å². The summed E-state index contributed by atoms with van der Waals surface area (Å²) in [7, 11) is 0. The molecule has 3 N–H and O–H groups in total. The van der Waals surface area contributed by atoms with Gasteiger partial charge in [-0.3, -0.25) is 4.79 Å². The van der Waals surface area contributed by atoms with Crippen molar-refractivity contribution in [1.29, 1.82) is 0 Å². The maximum atomic E-state index is 11.7. The van der Waals surface area contributed by atoms with Crippen molar-refractivity contribution in [3.05, 3.63) is 38.9 Å². The summed E-state index contributed by atoms with van der Waals surface area (Å²) in [5.74, 6) is 0.627. The molecule has 78 valence electrons. The van der Waals surface area contributed by atoms with Crippen molar-refractivity contribution in [2.45, 2.75) is 6.42 Å². The quantitative estimate of drug-likeness (QED) is 0.859. The number of H-pyrrole nitrogens is 1. The van der Waals surface area contributed by atoms with E-state index in [1.807, 2.05) is 12.1 Å². The van der Waals surface area contributed by atoms with Gasteiger partial charge in [-0.2, -0.15) is 0 Å². The maximum absolute atomic E-state index is 11.7. The minimum Gasteiger partial charge on any atom is -0.330 e. The van der Waals surface area contributed by atoms with Gasteiger partial charge >= 0.3 is 0 Å². The molecular weight excluding hydrogens is 258 g/mol. The Morgan fingerprint density at radius 2 is 2.27 bits per heavy atom. The minimum absolute atomic E-state index is 0.121. The average molecular weight is 268 g/mol. The normalized spacial score (nSPS) is 10.8. The highest BCUT2D eigenvalue weighted by Gasteiger charge is 2.05. The molecule has 2 aromatic rings. The van der Waals surface area contributed by atoms with E-state index >= 15 is 0 Å². The SMILES string of the molecule is NCCc1nc2c(Br)cccc2c(=O)[nH]1. The van der Waals surface area contributed by atoms with Crippen LogP contribution in [0.25, 0.3) is 10.9 Å². The number of aromatic amines is 1. The molecule has 0 atom stereocenters. The molecular formula is C10H10BrN3O. The number of rotatable bonds is 2. The van der Waals surface area contributed by atoms with Gasteiger partial charge < -0.3 is 10.7 Å². The van der Waals surface area contributed by atoms with Gasteiger partial charge in [-0.05, 0) is 34.6 Å². The molecule has 0 aliphatic rings. The van der Waals surface area contributed by atoms with E-state index < -0.39 is 0 Å². The molecule has 0 aliphatic heterocycles. The Balaban J connectivity index is 2.74. The van der Waals surface area contributed by atoms with E-state index in [9.17, 15) is 4.79 Å². The van der Waals surface area contributed by atoms with Crippen LogP contribution in [-0.4, -0.2) is 16.5 Å². The Morgan fingerprint density at radius 3 is 3.00 bits per heavy atom. The summed E-state index contributed by atoms with van der Waals surface area (Å²) in [6, 6.07) is 5.42. The van der Waals surface area contributed by atoms with Crippen LogP contribution in [0.3, 0.4) is 0 Å². The van der Waals surface area contributed by atoms with E-state index in [1.165, 1.54) is 0 Å². The number of aromatic nitrogens is 2. The molecule has 4 nitrogen and oxygen atoms in total. The summed E-state index contributed by atoms with van der Waals surface area (Å²) in [6.07, 6.45) is 0.576. The maximum Gasteiger partial charge on any atom is 0.258 e. The molecule has 0 aliphatic carbocycles. The number of nitrogens with zero attached hydrogens (tertiary/aromatic N) is 1. The Bertz CT molecular complexity index is 550. The highest BCUT2D eigenvalue weighted by atomic mass is 79.9. The fourth-order valence-corrected chi connectivity index (χ4v) is 1.88. The second-order valence-electron chi connectivity index (χ2n) is 3.19. The number of hydrogen-bond acceptors (Lipinski definition) is 3. The third kappa shape index (κ3) is 1.93. The van der Waals surface area contributed by atoms with Crippen LogP contribution in [0.2, 0.25) is 0 Å². The first-order valence-electron chi connectivity index (χ1n) is 4.60. The van der Waals surface area contributed by atoms with Gasteiger partial charge in [0.25, 0.3) is 5.56 Å². The number of benzene rings is 1. The number of nitrogens with one attached hydrogen (secondary N) is 1. The Kier molecular flexibility index (Phi) is 2.83.